The highest BCUT2D eigenvalue weighted by atomic mass is 16.4. The van der Waals surface area contributed by atoms with E-state index in [-0.39, 0.29) is 0 Å². The van der Waals surface area contributed by atoms with Crippen LogP contribution in [0.3, 0.4) is 0 Å². The van der Waals surface area contributed by atoms with Crippen molar-refractivity contribution >= 4 is 11.8 Å². The molecule has 17 heavy (non-hydrogen) atoms. The van der Waals surface area contributed by atoms with Gasteiger partial charge >= 0.3 is 0 Å². The molecular formula is C15H17NO. The molecule has 1 aromatic carbocycles. The van der Waals surface area contributed by atoms with Crippen molar-refractivity contribution in [2.45, 2.75) is 25.7 Å². The SMILES string of the molecule is O\N=C1/CCCC/C1=C\C=C\c1ccccc1. The minimum absolute atomic E-state index is 0.842. The van der Waals surface area contributed by atoms with Gasteiger partial charge in [0.25, 0.3) is 0 Å². The average molecular weight is 227 g/mol. The van der Waals surface area contributed by atoms with Crippen molar-refractivity contribution in [1.82, 2.24) is 0 Å². The molecule has 2 rings (SSSR count). The summed E-state index contributed by atoms with van der Waals surface area (Å²) in [6.07, 6.45) is 10.4. The minimum Gasteiger partial charge on any atom is -0.411 e. The summed E-state index contributed by atoms with van der Waals surface area (Å²) >= 11 is 0. The maximum atomic E-state index is 8.90. The lowest BCUT2D eigenvalue weighted by molar-refractivity contribution is 0.316. The average Bonchev–Trinajstić information content (AvgIpc) is 2.40. The van der Waals surface area contributed by atoms with Crippen LogP contribution in [0, 0.1) is 0 Å². The van der Waals surface area contributed by atoms with Crippen LogP contribution in [0.15, 0.2) is 53.2 Å². The zero-order valence-electron chi connectivity index (χ0n) is 9.84. The zero-order valence-corrected chi connectivity index (χ0v) is 9.84. The van der Waals surface area contributed by atoms with Gasteiger partial charge in [-0.15, -0.1) is 0 Å². The highest BCUT2D eigenvalue weighted by Gasteiger charge is 2.12. The molecule has 2 nitrogen and oxygen atoms in total. The Bertz CT molecular complexity index is 443. The summed E-state index contributed by atoms with van der Waals surface area (Å²) in [6.45, 7) is 0. The van der Waals surface area contributed by atoms with Crippen LogP contribution in [-0.4, -0.2) is 10.9 Å². The van der Waals surface area contributed by atoms with Gasteiger partial charge in [0.15, 0.2) is 0 Å². The van der Waals surface area contributed by atoms with E-state index < -0.39 is 0 Å². The second-order valence-electron chi connectivity index (χ2n) is 4.22. The summed E-state index contributed by atoms with van der Waals surface area (Å²) in [5.74, 6) is 0. The molecule has 1 saturated carbocycles. The van der Waals surface area contributed by atoms with Crippen LogP contribution in [0.25, 0.3) is 6.08 Å². The fourth-order valence-corrected chi connectivity index (χ4v) is 2.05. The number of benzene rings is 1. The maximum absolute atomic E-state index is 8.90. The molecular weight excluding hydrogens is 210 g/mol. The molecule has 0 aliphatic heterocycles. The first-order valence-electron chi connectivity index (χ1n) is 6.04. The lowest BCUT2D eigenvalue weighted by Crippen LogP contribution is -2.08. The second kappa shape index (κ2) is 6.04. The third kappa shape index (κ3) is 3.31. The fourth-order valence-electron chi connectivity index (χ4n) is 2.05. The van der Waals surface area contributed by atoms with Crippen molar-refractivity contribution in [3.63, 3.8) is 0 Å². The Morgan fingerprint density at radius 1 is 1.06 bits per heavy atom. The molecule has 0 heterocycles. The number of nitrogens with zero attached hydrogens (tertiary/aromatic N) is 1. The standard InChI is InChI=1S/C15H17NO/c17-16-15-12-5-4-10-14(15)11-6-9-13-7-2-1-3-8-13/h1-3,6-9,11,17H,4-5,10,12H2/b9-6+,14-11+,16-15+. The summed E-state index contributed by atoms with van der Waals surface area (Å²) in [5.41, 5.74) is 3.18. The van der Waals surface area contributed by atoms with E-state index in [2.05, 4.69) is 29.4 Å². The monoisotopic (exact) mass is 227 g/mol. The Morgan fingerprint density at radius 3 is 2.59 bits per heavy atom. The third-order valence-electron chi connectivity index (χ3n) is 2.99. The largest absolute Gasteiger partial charge is 0.411 e. The number of rotatable bonds is 2. The van der Waals surface area contributed by atoms with E-state index in [1.807, 2.05) is 24.3 Å². The van der Waals surface area contributed by atoms with Gasteiger partial charge in [-0.1, -0.05) is 53.7 Å². The topological polar surface area (TPSA) is 32.6 Å². The van der Waals surface area contributed by atoms with Gasteiger partial charge in [-0.05, 0) is 36.8 Å². The zero-order chi connectivity index (χ0) is 11.9. The van der Waals surface area contributed by atoms with Gasteiger partial charge in [0, 0.05) is 0 Å². The quantitative estimate of drug-likeness (QED) is 0.600. The minimum atomic E-state index is 0.842. The molecule has 2 heteroatoms. The molecule has 1 N–H and O–H groups in total. The van der Waals surface area contributed by atoms with Crippen LogP contribution in [0.2, 0.25) is 0 Å². The van der Waals surface area contributed by atoms with Crippen molar-refractivity contribution < 1.29 is 5.21 Å². The number of allylic oxidation sites excluding steroid dienone is 3. The highest BCUT2D eigenvalue weighted by Crippen LogP contribution is 2.21. The van der Waals surface area contributed by atoms with E-state index in [0.717, 1.165) is 30.5 Å². The van der Waals surface area contributed by atoms with Crippen molar-refractivity contribution in [1.29, 1.82) is 0 Å². The molecule has 88 valence electrons. The molecule has 0 unspecified atom stereocenters. The molecule has 0 saturated heterocycles. The van der Waals surface area contributed by atoms with Crippen LogP contribution in [0.1, 0.15) is 31.2 Å². The van der Waals surface area contributed by atoms with E-state index in [4.69, 9.17) is 5.21 Å². The first-order chi connectivity index (χ1) is 8.40. The van der Waals surface area contributed by atoms with Crippen molar-refractivity contribution in [2.75, 3.05) is 0 Å². The normalized spacial score (nSPS) is 21.4. The highest BCUT2D eigenvalue weighted by molar-refractivity contribution is 6.00. The van der Waals surface area contributed by atoms with Crippen LogP contribution >= 0.6 is 0 Å². The molecule has 0 bridgehead atoms. The summed E-state index contributed by atoms with van der Waals surface area (Å²) < 4.78 is 0. The molecule has 1 aliphatic carbocycles. The van der Waals surface area contributed by atoms with Crippen LogP contribution < -0.4 is 0 Å². The second-order valence-corrected chi connectivity index (χ2v) is 4.22. The van der Waals surface area contributed by atoms with E-state index in [9.17, 15) is 0 Å². The summed E-state index contributed by atoms with van der Waals surface area (Å²) in [7, 11) is 0. The molecule has 1 aromatic rings. The Balaban J connectivity index is 2.07. The summed E-state index contributed by atoms with van der Waals surface area (Å²) in [5, 5.41) is 12.3. The van der Waals surface area contributed by atoms with Gasteiger partial charge in [-0.2, -0.15) is 0 Å². The molecule has 0 radical (unpaired) electrons. The number of hydrogen-bond acceptors (Lipinski definition) is 2. The van der Waals surface area contributed by atoms with Gasteiger partial charge in [0.05, 0.1) is 5.71 Å². The number of hydrogen-bond donors (Lipinski definition) is 1. The van der Waals surface area contributed by atoms with E-state index in [1.54, 1.807) is 0 Å². The molecule has 1 fully saturated rings. The first kappa shape index (κ1) is 11.6. The van der Waals surface area contributed by atoms with Gasteiger partial charge < -0.3 is 5.21 Å². The van der Waals surface area contributed by atoms with E-state index in [0.29, 0.717) is 0 Å². The van der Waals surface area contributed by atoms with Crippen LogP contribution in [0.5, 0.6) is 0 Å². The fraction of sp³-hybridized carbons (Fsp3) is 0.267. The van der Waals surface area contributed by atoms with Crippen molar-refractivity contribution in [3.8, 4) is 0 Å². The summed E-state index contributed by atoms with van der Waals surface area (Å²) in [4.78, 5) is 0. The molecule has 1 aliphatic rings. The van der Waals surface area contributed by atoms with Crippen LogP contribution in [-0.2, 0) is 0 Å². The lowest BCUT2D eigenvalue weighted by Gasteiger charge is -2.14. The Hall–Kier alpha value is -1.83. The predicted molar refractivity (Wildman–Crippen MR) is 71.2 cm³/mol. The Morgan fingerprint density at radius 2 is 1.82 bits per heavy atom. The predicted octanol–water partition coefficient (Wildman–Crippen LogP) is 4.03. The maximum Gasteiger partial charge on any atom is 0.0827 e. The number of oxime groups is 1. The van der Waals surface area contributed by atoms with E-state index >= 15 is 0 Å². The van der Waals surface area contributed by atoms with Crippen LogP contribution in [0.4, 0.5) is 0 Å². The van der Waals surface area contributed by atoms with Gasteiger partial charge in [0.1, 0.15) is 0 Å². The van der Waals surface area contributed by atoms with Crippen molar-refractivity contribution in [3.05, 3.63) is 53.6 Å². The van der Waals surface area contributed by atoms with E-state index in [1.165, 1.54) is 12.0 Å². The van der Waals surface area contributed by atoms with Crippen molar-refractivity contribution in [2.24, 2.45) is 5.16 Å². The molecule has 0 spiro atoms. The van der Waals surface area contributed by atoms with Gasteiger partial charge in [-0.3, -0.25) is 0 Å². The first-order valence-corrected chi connectivity index (χ1v) is 6.04. The lowest BCUT2D eigenvalue weighted by atomic mass is 9.92. The summed E-state index contributed by atoms with van der Waals surface area (Å²) in [6, 6.07) is 10.2. The molecule has 0 aromatic heterocycles. The van der Waals surface area contributed by atoms with Gasteiger partial charge in [0.2, 0.25) is 0 Å². The Kier molecular flexibility index (Phi) is 4.14. The molecule has 0 amide bonds. The van der Waals surface area contributed by atoms with Gasteiger partial charge in [-0.25, -0.2) is 0 Å². The molecule has 0 atom stereocenters. The third-order valence-corrected chi connectivity index (χ3v) is 2.99. The smallest absolute Gasteiger partial charge is 0.0827 e. The Labute approximate surface area is 102 Å².